The van der Waals surface area contributed by atoms with Gasteiger partial charge in [0.25, 0.3) is 0 Å². The first-order valence-corrected chi connectivity index (χ1v) is 16.7. The molecule has 3 aliphatic carbocycles. The van der Waals surface area contributed by atoms with Crippen LogP contribution < -0.4 is 14.8 Å². The van der Waals surface area contributed by atoms with Crippen LogP contribution in [0.1, 0.15) is 63.0 Å². The molecule has 3 saturated carbocycles. The van der Waals surface area contributed by atoms with Crippen LogP contribution in [0.25, 0.3) is 21.5 Å². The molecule has 5 atom stereocenters. The summed E-state index contributed by atoms with van der Waals surface area (Å²) in [6.07, 6.45) is 9.26. The van der Waals surface area contributed by atoms with Crippen molar-refractivity contribution < 1.29 is 29.0 Å². The lowest BCUT2D eigenvalue weighted by molar-refractivity contribution is -0.145. The molecule has 3 aromatic rings. The fourth-order valence-electron chi connectivity index (χ4n) is 6.85. The van der Waals surface area contributed by atoms with Gasteiger partial charge in [0.05, 0.1) is 24.6 Å². The molecule has 45 heavy (non-hydrogen) atoms. The largest absolute Gasteiger partial charge is 0.497 e. The minimum absolute atomic E-state index is 0.114. The van der Waals surface area contributed by atoms with Gasteiger partial charge < -0.3 is 24.8 Å². The third-order valence-corrected chi connectivity index (χ3v) is 10.7. The first-order chi connectivity index (χ1) is 21.8. The van der Waals surface area contributed by atoms with Crippen LogP contribution in [0.15, 0.2) is 41.8 Å². The average Bonchev–Trinajstić information content (AvgIpc) is 3.90. The highest BCUT2D eigenvalue weighted by Crippen LogP contribution is 2.47. The first-order valence-electron chi connectivity index (χ1n) is 15.8. The summed E-state index contributed by atoms with van der Waals surface area (Å²) < 4.78 is 12.1. The minimum Gasteiger partial charge on any atom is -0.497 e. The second-order valence-electron chi connectivity index (χ2n) is 12.9. The van der Waals surface area contributed by atoms with Gasteiger partial charge in [0.2, 0.25) is 17.7 Å². The lowest BCUT2D eigenvalue weighted by atomic mass is 9.93. The number of hydrogen-bond donors (Lipinski definition) is 2. The van der Waals surface area contributed by atoms with E-state index in [1.165, 1.54) is 0 Å². The Morgan fingerprint density at radius 1 is 1.13 bits per heavy atom. The molecule has 7 rings (SSSR count). The summed E-state index contributed by atoms with van der Waals surface area (Å²) in [4.78, 5) is 51.3. The maximum Gasteiger partial charge on any atom is 0.330 e. The number of aromatic nitrogens is 2. The van der Waals surface area contributed by atoms with E-state index in [9.17, 15) is 19.5 Å². The van der Waals surface area contributed by atoms with Gasteiger partial charge in [-0.25, -0.2) is 14.8 Å². The summed E-state index contributed by atoms with van der Waals surface area (Å²) in [6, 6.07) is 7.69. The van der Waals surface area contributed by atoms with E-state index in [2.05, 4.69) is 10.7 Å². The van der Waals surface area contributed by atoms with E-state index < -0.39 is 35.4 Å². The van der Waals surface area contributed by atoms with Crippen molar-refractivity contribution in [2.24, 2.45) is 17.8 Å². The summed E-state index contributed by atoms with van der Waals surface area (Å²) in [6.45, 7) is 0.595. The molecule has 1 aliphatic heterocycles. The number of carbonyl (C=O) groups is 3. The number of thiazole rings is 1. The van der Waals surface area contributed by atoms with Gasteiger partial charge in [-0.3, -0.25) is 9.59 Å². The molecule has 3 heterocycles. The van der Waals surface area contributed by atoms with Crippen LogP contribution in [0.2, 0.25) is 0 Å². The number of benzene rings is 1. The maximum atomic E-state index is 13.8. The van der Waals surface area contributed by atoms with Gasteiger partial charge in [-0.05, 0) is 81.0 Å². The number of ether oxygens (including phenoxy) is 2. The number of hydrogen-bond acceptors (Lipinski definition) is 8. The Morgan fingerprint density at radius 3 is 2.73 bits per heavy atom. The zero-order chi connectivity index (χ0) is 31.3. The van der Waals surface area contributed by atoms with Crippen LogP contribution in [0.3, 0.4) is 0 Å². The van der Waals surface area contributed by atoms with Crippen LogP contribution in [0.5, 0.6) is 11.6 Å². The normalized spacial score (nSPS) is 29.3. The maximum absolute atomic E-state index is 13.8. The molecule has 3 fully saturated rings. The van der Waals surface area contributed by atoms with Gasteiger partial charge in [-0.2, -0.15) is 0 Å². The van der Waals surface area contributed by atoms with E-state index in [1.54, 1.807) is 30.4 Å². The van der Waals surface area contributed by atoms with Crippen LogP contribution in [-0.2, 0) is 14.4 Å². The summed E-state index contributed by atoms with van der Waals surface area (Å²) in [5.41, 5.74) is 0.473. The highest BCUT2D eigenvalue weighted by atomic mass is 32.1. The standard InChI is InChI=1S/C34H38N4O6S/c1-38-12-6-4-3-5-7-21-17-34(21,33(41)42)37-29(39)25-15-23(16-26(25)32(38)40)44-30-24-11-10-22(43-2)13-20(24)14-27(35-30)31-36-28(18-45-31)19-8-9-19/h5,7,10-11,13-14,18-19,21,23,25-26H,3-4,6,8-9,12,15-17H2,1-2H3,(H,37,39)(H,41,42)/b7-5-. The van der Waals surface area contributed by atoms with Gasteiger partial charge in [-0.15, -0.1) is 11.3 Å². The number of fused-ring (bicyclic) bond motifs is 3. The quantitative estimate of drug-likeness (QED) is 0.357. The number of nitrogens with zero attached hydrogens (tertiary/aromatic N) is 3. The number of allylic oxidation sites excluding steroid dienone is 1. The number of nitrogens with one attached hydrogen (secondary N) is 1. The fourth-order valence-corrected chi connectivity index (χ4v) is 7.71. The van der Waals surface area contributed by atoms with Crippen molar-refractivity contribution in [1.82, 2.24) is 20.2 Å². The minimum atomic E-state index is -1.33. The van der Waals surface area contributed by atoms with Gasteiger partial charge >= 0.3 is 5.97 Å². The second kappa shape index (κ2) is 11.7. The Labute approximate surface area is 265 Å². The van der Waals surface area contributed by atoms with E-state index in [0.29, 0.717) is 42.6 Å². The molecule has 10 nitrogen and oxygen atoms in total. The summed E-state index contributed by atoms with van der Waals surface area (Å²) >= 11 is 1.56. The molecule has 11 heteroatoms. The Morgan fingerprint density at radius 2 is 1.96 bits per heavy atom. The summed E-state index contributed by atoms with van der Waals surface area (Å²) in [5, 5.41) is 17.5. The van der Waals surface area contributed by atoms with Crippen molar-refractivity contribution in [3.05, 3.63) is 47.5 Å². The molecule has 0 spiro atoms. The fraction of sp³-hybridized carbons (Fsp3) is 0.500. The zero-order valence-corrected chi connectivity index (χ0v) is 26.3. The molecule has 5 unspecified atom stereocenters. The molecule has 0 saturated heterocycles. The van der Waals surface area contributed by atoms with Crippen LogP contribution in [0.4, 0.5) is 0 Å². The molecule has 0 bridgehead atoms. The molecular weight excluding hydrogens is 592 g/mol. The smallest absolute Gasteiger partial charge is 0.330 e. The first kappa shape index (κ1) is 29.7. The number of amides is 2. The van der Waals surface area contributed by atoms with Crippen molar-refractivity contribution >= 4 is 39.9 Å². The number of methoxy groups -OCH3 is 1. The number of carboxylic acids is 1. The average molecular weight is 631 g/mol. The highest BCUT2D eigenvalue weighted by Gasteiger charge is 2.61. The predicted molar refractivity (Wildman–Crippen MR) is 169 cm³/mol. The molecular formula is C34H38N4O6S. The highest BCUT2D eigenvalue weighted by molar-refractivity contribution is 7.13. The van der Waals surface area contributed by atoms with Gasteiger partial charge in [-0.1, -0.05) is 12.2 Å². The Balaban J connectivity index is 1.20. The number of aliphatic carboxylic acids is 1. The van der Waals surface area contributed by atoms with Crippen molar-refractivity contribution in [1.29, 1.82) is 0 Å². The molecule has 1 aromatic carbocycles. The second-order valence-corrected chi connectivity index (χ2v) is 13.8. The van der Waals surface area contributed by atoms with Crippen molar-refractivity contribution in [3.8, 4) is 22.3 Å². The molecule has 0 radical (unpaired) electrons. The number of pyridine rings is 1. The zero-order valence-electron chi connectivity index (χ0n) is 25.5. The third-order valence-electron chi connectivity index (χ3n) is 9.79. The van der Waals surface area contributed by atoms with Crippen molar-refractivity contribution in [2.45, 2.75) is 68.9 Å². The number of carboxylic acid groups (broad SMARTS) is 1. The van der Waals surface area contributed by atoms with Gasteiger partial charge in [0, 0.05) is 36.2 Å². The molecule has 2 amide bonds. The number of rotatable bonds is 6. The summed E-state index contributed by atoms with van der Waals surface area (Å²) in [5.74, 6) is -1.51. The third kappa shape index (κ3) is 5.78. The number of carbonyl (C=O) groups excluding carboxylic acids is 2. The molecule has 236 valence electrons. The molecule has 2 N–H and O–H groups in total. The lowest BCUT2D eigenvalue weighted by Crippen LogP contribution is -2.49. The van der Waals surface area contributed by atoms with Crippen LogP contribution in [-0.4, -0.2) is 70.1 Å². The van der Waals surface area contributed by atoms with Crippen LogP contribution in [0, 0.1) is 17.8 Å². The van der Waals surface area contributed by atoms with E-state index in [4.69, 9.17) is 19.4 Å². The van der Waals surface area contributed by atoms with E-state index in [-0.39, 0.29) is 18.2 Å². The Hall–Kier alpha value is -3.99. The predicted octanol–water partition coefficient (Wildman–Crippen LogP) is 5.18. The van der Waals surface area contributed by atoms with Gasteiger partial charge in [0.1, 0.15) is 28.1 Å². The van der Waals surface area contributed by atoms with E-state index in [1.807, 2.05) is 36.4 Å². The summed E-state index contributed by atoms with van der Waals surface area (Å²) in [7, 11) is 3.40. The molecule has 2 aromatic heterocycles. The monoisotopic (exact) mass is 630 g/mol. The van der Waals surface area contributed by atoms with Crippen LogP contribution >= 0.6 is 11.3 Å². The van der Waals surface area contributed by atoms with Crippen molar-refractivity contribution in [3.63, 3.8) is 0 Å². The SMILES string of the molecule is COc1ccc2c(OC3CC4C(=O)NC5(C(=O)O)CC5/C=C\CCCCN(C)C(=O)C4C3)nc(-c3nc(C4CC4)cs3)cc2c1. The van der Waals surface area contributed by atoms with Crippen molar-refractivity contribution in [2.75, 3.05) is 20.7 Å². The topological polar surface area (TPSA) is 131 Å². The molecule has 4 aliphatic rings. The van der Waals surface area contributed by atoms with E-state index in [0.717, 1.165) is 53.6 Å². The van der Waals surface area contributed by atoms with E-state index >= 15 is 0 Å². The van der Waals surface area contributed by atoms with Gasteiger partial charge in [0.15, 0.2) is 0 Å². The lowest BCUT2D eigenvalue weighted by Gasteiger charge is -2.26. The Bertz CT molecular complexity index is 1680. The Kier molecular flexibility index (Phi) is 7.75.